The molecule has 0 heterocycles. The molecule has 0 saturated heterocycles. The van der Waals surface area contributed by atoms with Gasteiger partial charge in [0.2, 0.25) is 0 Å². The highest BCUT2D eigenvalue weighted by molar-refractivity contribution is 5.38. The molecule has 1 rings (SSSR count). The Morgan fingerprint density at radius 2 is 1.62 bits per heavy atom. The van der Waals surface area contributed by atoms with Crippen LogP contribution in [-0.4, -0.2) is 55.6 Å². The summed E-state index contributed by atoms with van der Waals surface area (Å²) in [5.74, 6) is 2.17. The monoisotopic (exact) mass is 367 g/mol. The van der Waals surface area contributed by atoms with Crippen LogP contribution in [0.3, 0.4) is 0 Å². The molecule has 1 atom stereocenters. The number of hydrogen-bond acceptors (Lipinski definition) is 5. The first-order chi connectivity index (χ1) is 12.1. The van der Waals surface area contributed by atoms with Crippen LogP contribution in [0, 0.1) is 5.92 Å². The Bertz CT molecular complexity index is 503. The van der Waals surface area contributed by atoms with Gasteiger partial charge in [-0.15, -0.1) is 0 Å². The summed E-state index contributed by atoms with van der Waals surface area (Å²) in [6.07, 6.45) is 0.558. The van der Waals surface area contributed by atoms with Crippen molar-refractivity contribution in [3.05, 3.63) is 23.8 Å². The van der Waals surface area contributed by atoms with Crippen molar-refractivity contribution in [2.75, 3.05) is 33.9 Å². The van der Waals surface area contributed by atoms with E-state index in [4.69, 9.17) is 14.2 Å². The molecular weight excluding hydrogens is 330 g/mol. The Kier molecular flexibility index (Phi) is 9.41. The van der Waals surface area contributed by atoms with E-state index in [-0.39, 0.29) is 5.60 Å². The van der Waals surface area contributed by atoms with Gasteiger partial charge in [-0.1, -0.05) is 13.8 Å². The smallest absolute Gasteiger partial charge is 0.122 e. The maximum absolute atomic E-state index is 10.4. The second-order valence-corrected chi connectivity index (χ2v) is 8.22. The predicted molar refractivity (Wildman–Crippen MR) is 106 cm³/mol. The van der Waals surface area contributed by atoms with Gasteiger partial charge in [-0.2, -0.15) is 0 Å². The number of hydrogen-bond donors (Lipinski definition) is 1. The molecule has 0 aliphatic heterocycles. The third kappa shape index (κ3) is 9.41. The fourth-order valence-corrected chi connectivity index (χ4v) is 2.59. The van der Waals surface area contributed by atoms with Gasteiger partial charge in [0.15, 0.2) is 0 Å². The zero-order valence-corrected chi connectivity index (χ0v) is 17.5. The Morgan fingerprint density at radius 1 is 1.04 bits per heavy atom. The minimum absolute atomic E-state index is 0.246. The Balaban J connectivity index is 2.79. The fourth-order valence-electron chi connectivity index (χ4n) is 2.59. The Hall–Kier alpha value is -1.30. The van der Waals surface area contributed by atoms with Crippen LogP contribution >= 0.6 is 0 Å². The molecule has 150 valence electrons. The number of methoxy groups -OCH3 is 2. The summed E-state index contributed by atoms with van der Waals surface area (Å²) in [6, 6.07) is 5.90. The summed E-state index contributed by atoms with van der Waals surface area (Å²) in [7, 11) is 3.31. The first kappa shape index (κ1) is 22.7. The maximum Gasteiger partial charge on any atom is 0.122 e. The summed E-state index contributed by atoms with van der Waals surface area (Å²) < 4.78 is 16.5. The van der Waals surface area contributed by atoms with E-state index in [1.807, 2.05) is 39.0 Å². The van der Waals surface area contributed by atoms with E-state index < -0.39 is 6.10 Å². The maximum atomic E-state index is 10.4. The zero-order chi connectivity index (χ0) is 19.7. The minimum atomic E-state index is -0.520. The topological polar surface area (TPSA) is 51.2 Å². The number of nitrogens with zero attached hydrogens (tertiary/aromatic N) is 1. The number of rotatable bonds is 11. The highest BCUT2D eigenvalue weighted by Crippen LogP contribution is 2.24. The second kappa shape index (κ2) is 10.8. The van der Waals surface area contributed by atoms with Crippen molar-refractivity contribution in [2.24, 2.45) is 5.92 Å². The van der Waals surface area contributed by atoms with E-state index in [9.17, 15) is 5.11 Å². The fraction of sp³-hybridized carbons (Fsp3) is 0.714. The standard InChI is InChI=1S/C21H37NO4/c1-16(2)8-9-22(14-18(23)15-26-21(3,4)5)13-17-10-19(24-6)12-20(11-17)25-7/h10-12,16,18,23H,8-9,13-15H2,1-7H3. The van der Waals surface area contributed by atoms with Gasteiger partial charge in [-0.05, 0) is 57.4 Å². The van der Waals surface area contributed by atoms with Crippen LogP contribution in [0.25, 0.3) is 0 Å². The van der Waals surface area contributed by atoms with E-state index >= 15 is 0 Å². The molecule has 1 unspecified atom stereocenters. The molecule has 0 aliphatic rings. The molecule has 1 aromatic rings. The van der Waals surface area contributed by atoms with Gasteiger partial charge >= 0.3 is 0 Å². The van der Waals surface area contributed by atoms with Crippen molar-refractivity contribution in [3.63, 3.8) is 0 Å². The van der Waals surface area contributed by atoms with Crippen molar-refractivity contribution < 1.29 is 19.3 Å². The molecular formula is C21H37NO4. The van der Waals surface area contributed by atoms with E-state index in [0.29, 0.717) is 19.1 Å². The van der Waals surface area contributed by atoms with Crippen molar-refractivity contribution >= 4 is 0 Å². The van der Waals surface area contributed by atoms with Crippen LogP contribution in [-0.2, 0) is 11.3 Å². The van der Waals surface area contributed by atoms with Gasteiger partial charge in [0.1, 0.15) is 11.5 Å². The van der Waals surface area contributed by atoms with Gasteiger partial charge in [0, 0.05) is 19.2 Å². The highest BCUT2D eigenvalue weighted by atomic mass is 16.5. The molecule has 0 radical (unpaired) electrons. The summed E-state index contributed by atoms with van der Waals surface area (Å²) in [5, 5.41) is 10.4. The normalized spacial score (nSPS) is 13.3. The molecule has 0 bridgehead atoms. The van der Waals surface area contributed by atoms with Crippen molar-refractivity contribution in [3.8, 4) is 11.5 Å². The molecule has 5 nitrogen and oxygen atoms in total. The number of aliphatic hydroxyl groups excluding tert-OH is 1. The van der Waals surface area contributed by atoms with E-state index in [1.54, 1.807) is 14.2 Å². The number of aliphatic hydroxyl groups is 1. The average molecular weight is 368 g/mol. The van der Waals surface area contributed by atoms with Crippen LogP contribution < -0.4 is 9.47 Å². The third-order valence-electron chi connectivity index (χ3n) is 4.02. The molecule has 1 N–H and O–H groups in total. The lowest BCUT2D eigenvalue weighted by Gasteiger charge is -2.28. The predicted octanol–water partition coefficient (Wildman–Crippen LogP) is 3.73. The second-order valence-electron chi connectivity index (χ2n) is 8.22. The van der Waals surface area contributed by atoms with Crippen molar-refractivity contribution in [1.29, 1.82) is 0 Å². The largest absolute Gasteiger partial charge is 0.497 e. The van der Waals surface area contributed by atoms with Crippen molar-refractivity contribution in [1.82, 2.24) is 4.90 Å². The van der Waals surface area contributed by atoms with Crippen LogP contribution in [0.5, 0.6) is 11.5 Å². The zero-order valence-electron chi connectivity index (χ0n) is 17.5. The molecule has 0 aromatic heterocycles. The van der Waals surface area contributed by atoms with Gasteiger partial charge in [-0.3, -0.25) is 4.90 Å². The van der Waals surface area contributed by atoms with Gasteiger partial charge in [0.05, 0.1) is 32.5 Å². The molecule has 1 aromatic carbocycles. The van der Waals surface area contributed by atoms with E-state index in [2.05, 4.69) is 18.7 Å². The lowest BCUT2D eigenvalue weighted by atomic mass is 10.1. The average Bonchev–Trinajstić information content (AvgIpc) is 2.56. The van der Waals surface area contributed by atoms with Gasteiger partial charge in [0.25, 0.3) is 0 Å². The molecule has 26 heavy (non-hydrogen) atoms. The first-order valence-electron chi connectivity index (χ1n) is 9.39. The van der Waals surface area contributed by atoms with E-state index in [0.717, 1.165) is 36.6 Å². The van der Waals surface area contributed by atoms with Gasteiger partial charge < -0.3 is 19.3 Å². The molecule has 0 fully saturated rings. The quantitative estimate of drug-likeness (QED) is 0.646. The summed E-state index contributed by atoms with van der Waals surface area (Å²) >= 11 is 0. The summed E-state index contributed by atoms with van der Waals surface area (Å²) in [6.45, 7) is 13.0. The van der Waals surface area contributed by atoms with Gasteiger partial charge in [-0.25, -0.2) is 0 Å². The summed E-state index contributed by atoms with van der Waals surface area (Å²) in [5.41, 5.74) is 0.859. The van der Waals surface area contributed by atoms with Crippen LogP contribution in [0.4, 0.5) is 0 Å². The first-order valence-corrected chi connectivity index (χ1v) is 9.39. The Morgan fingerprint density at radius 3 is 2.08 bits per heavy atom. The van der Waals surface area contributed by atoms with Crippen molar-refractivity contribution in [2.45, 2.75) is 59.3 Å². The molecule has 0 saturated carbocycles. The minimum Gasteiger partial charge on any atom is -0.497 e. The highest BCUT2D eigenvalue weighted by Gasteiger charge is 2.17. The van der Waals surface area contributed by atoms with Crippen LogP contribution in [0.1, 0.15) is 46.6 Å². The molecule has 0 amide bonds. The lowest BCUT2D eigenvalue weighted by molar-refractivity contribution is -0.0568. The van der Waals surface area contributed by atoms with Crippen LogP contribution in [0.2, 0.25) is 0 Å². The Labute approximate surface area is 159 Å². The van der Waals surface area contributed by atoms with Crippen LogP contribution in [0.15, 0.2) is 18.2 Å². The summed E-state index contributed by atoms with van der Waals surface area (Å²) in [4.78, 5) is 2.27. The third-order valence-corrected chi connectivity index (χ3v) is 4.02. The molecule has 0 spiro atoms. The molecule has 5 heteroatoms. The lowest BCUT2D eigenvalue weighted by Crippen LogP contribution is -2.37. The molecule has 0 aliphatic carbocycles. The van der Waals surface area contributed by atoms with E-state index in [1.165, 1.54) is 0 Å². The number of benzene rings is 1. The SMILES string of the molecule is COc1cc(CN(CCC(C)C)CC(O)COC(C)(C)C)cc(OC)c1. The number of ether oxygens (including phenoxy) is 3.